The first-order valence-electron chi connectivity index (χ1n) is 5.87. The fourth-order valence-electron chi connectivity index (χ4n) is 2.32. The zero-order valence-electron chi connectivity index (χ0n) is 9.43. The average Bonchev–Trinajstić information content (AvgIpc) is 2.39. The van der Waals surface area contributed by atoms with Gasteiger partial charge < -0.3 is 15.6 Å². The van der Waals surface area contributed by atoms with E-state index in [9.17, 15) is 5.11 Å². The Morgan fingerprint density at radius 1 is 1.31 bits per heavy atom. The van der Waals surface area contributed by atoms with Gasteiger partial charge in [0.2, 0.25) is 0 Å². The maximum atomic E-state index is 9.88. The van der Waals surface area contributed by atoms with Gasteiger partial charge in [0.1, 0.15) is 0 Å². The molecule has 1 heterocycles. The summed E-state index contributed by atoms with van der Waals surface area (Å²) < 4.78 is 5.36. The highest BCUT2D eigenvalue weighted by molar-refractivity contribution is 5.32. The Labute approximate surface area is 96.2 Å². The van der Waals surface area contributed by atoms with E-state index < -0.39 is 6.10 Å². The number of aliphatic hydroxyl groups is 1. The van der Waals surface area contributed by atoms with E-state index >= 15 is 0 Å². The fraction of sp³-hybridized carbons (Fsp3) is 0.538. The van der Waals surface area contributed by atoms with Gasteiger partial charge in [-0.3, -0.25) is 0 Å². The molecule has 0 radical (unpaired) electrons. The van der Waals surface area contributed by atoms with Crippen molar-refractivity contribution < 1.29 is 9.84 Å². The molecule has 0 bridgehead atoms. The lowest BCUT2D eigenvalue weighted by Gasteiger charge is -2.25. The van der Waals surface area contributed by atoms with E-state index in [2.05, 4.69) is 6.07 Å². The predicted molar refractivity (Wildman–Crippen MR) is 63.3 cm³/mol. The van der Waals surface area contributed by atoms with Gasteiger partial charge in [0, 0.05) is 19.8 Å². The van der Waals surface area contributed by atoms with Gasteiger partial charge in [-0.05, 0) is 29.9 Å². The summed E-state index contributed by atoms with van der Waals surface area (Å²) in [6, 6.07) is 8.06. The minimum atomic E-state index is -0.543. The van der Waals surface area contributed by atoms with Crippen molar-refractivity contribution in [1.29, 1.82) is 0 Å². The second kappa shape index (κ2) is 5.43. The lowest BCUT2D eigenvalue weighted by Crippen LogP contribution is -2.18. The van der Waals surface area contributed by atoms with Gasteiger partial charge in [-0.2, -0.15) is 0 Å². The molecular formula is C13H19NO2. The Morgan fingerprint density at radius 2 is 2.00 bits per heavy atom. The third-order valence-corrected chi connectivity index (χ3v) is 3.24. The summed E-state index contributed by atoms with van der Waals surface area (Å²) in [7, 11) is 0. The monoisotopic (exact) mass is 221 g/mol. The summed E-state index contributed by atoms with van der Waals surface area (Å²) in [5.74, 6) is 0.506. The van der Waals surface area contributed by atoms with Crippen molar-refractivity contribution >= 4 is 0 Å². The molecule has 1 fully saturated rings. The molecule has 16 heavy (non-hydrogen) atoms. The van der Waals surface area contributed by atoms with E-state index in [0.29, 0.717) is 5.92 Å². The summed E-state index contributed by atoms with van der Waals surface area (Å²) in [4.78, 5) is 0. The molecule has 3 nitrogen and oxygen atoms in total. The minimum Gasteiger partial charge on any atom is -0.387 e. The molecule has 1 saturated heterocycles. The molecule has 88 valence electrons. The van der Waals surface area contributed by atoms with Gasteiger partial charge in [0.05, 0.1) is 6.10 Å². The standard InChI is InChI=1S/C13H19NO2/c14-9-13(15)12-4-2-1-3-11(12)10-5-7-16-8-6-10/h1-4,10,13,15H,5-9,14H2. The van der Waals surface area contributed by atoms with Crippen LogP contribution in [0.5, 0.6) is 0 Å². The normalized spacial score (nSPS) is 19.6. The van der Waals surface area contributed by atoms with Crippen LogP contribution >= 0.6 is 0 Å². The van der Waals surface area contributed by atoms with Crippen LogP contribution in [0.4, 0.5) is 0 Å². The molecule has 1 aliphatic rings. The molecule has 3 heteroatoms. The molecule has 1 unspecified atom stereocenters. The topological polar surface area (TPSA) is 55.5 Å². The number of aliphatic hydroxyl groups excluding tert-OH is 1. The molecule has 2 rings (SSSR count). The van der Waals surface area contributed by atoms with Gasteiger partial charge in [-0.1, -0.05) is 24.3 Å². The number of ether oxygens (including phenoxy) is 1. The van der Waals surface area contributed by atoms with Crippen LogP contribution in [0.25, 0.3) is 0 Å². The van der Waals surface area contributed by atoms with Crippen LogP contribution in [-0.2, 0) is 4.74 Å². The fourth-order valence-corrected chi connectivity index (χ4v) is 2.32. The van der Waals surface area contributed by atoms with Crippen LogP contribution in [0.1, 0.15) is 36.0 Å². The first kappa shape index (κ1) is 11.6. The summed E-state index contributed by atoms with van der Waals surface area (Å²) in [5, 5.41) is 9.88. The number of benzene rings is 1. The first-order valence-corrected chi connectivity index (χ1v) is 5.87. The summed E-state index contributed by atoms with van der Waals surface area (Å²) in [6.45, 7) is 1.91. The summed E-state index contributed by atoms with van der Waals surface area (Å²) in [6.07, 6.45) is 1.53. The summed E-state index contributed by atoms with van der Waals surface area (Å²) >= 11 is 0. The molecule has 0 aromatic heterocycles. The molecule has 0 amide bonds. The Hall–Kier alpha value is -0.900. The number of hydrogen-bond acceptors (Lipinski definition) is 3. The van der Waals surface area contributed by atoms with E-state index in [1.54, 1.807) is 0 Å². The van der Waals surface area contributed by atoms with E-state index in [0.717, 1.165) is 31.6 Å². The van der Waals surface area contributed by atoms with Crippen LogP contribution in [0, 0.1) is 0 Å². The van der Waals surface area contributed by atoms with Crippen LogP contribution in [-0.4, -0.2) is 24.9 Å². The van der Waals surface area contributed by atoms with Gasteiger partial charge >= 0.3 is 0 Å². The Morgan fingerprint density at radius 3 is 2.69 bits per heavy atom. The Balaban J connectivity index is 2.24. The Kier molecular flexibility index (Phi) is 3.93. The van der Waals surface area contributed by atoms with Gasteiger partial charge in [0.15, 0.2) is 0 Å². The number of hydrogen-bond donors (Lipinski definition) is 2. The molecule has 1 aromatic rings. The zero-order chi connectivity index (χ0) is 11.4. The summed E-state index contributed by atoms with van der Waals surface area (Å²) in [5.41, 5.74) is 7.75. The van der Waals surface area contributed by atoms with Crippen molar-refractivity contribution in [3.63, 3.8) is 0 Å². The predicted octanol–water partition coefficient (Wildman–Crippen LogP) is 1.57. The maximum absolute atomic E-state index is 9.88. The molecule has 1 aliphatic heterocycles. The second-order valence-corrected chi connectivity index (χ2v) is 4.27. The smallest absolute Gasteiger partial charge is 0.0914 e. The SMILES string of the molecule is NCC(O)c1ccccc1C1CCOCC1. The average molecular weight is 221 g/mol. The highest BCUT2D eigenvalue weighted by Crippen LogP contribution is 2.31. The minimum absolute atomic E-state index is 0.278. The van der Waals surface area contributed by atoms with Crippen molar-refractivity contribution in [2.75, 3.05) is 19.8 Å². The number of rotatable bonds is 3. The third-order valence-electron chi connectivity index (χ3n) is 3.24. The van der Waals surface area contributed by atoms with Gasteiger partial charge in [0.25, 0.3) is 0 Å². The van der Waals surface area contributed by atoms with Crippen molar-refractivity contribution in [3.8, 4) is 0 Å². The van der Waals surface area contributed by atoms with Gasteiger partial charge in [-0.15, -0.1) is 0 Å². The lowest BCUT2D eigenvalue weighted by molar-refractivity contribution is 0.0843. The Bertz CT molecular complexity index is 334. The number of nitrogens with two attached hydrogens (primary N) is 1. The van der Waals surface area contributed by atoms with Crippen LogP contribution in [0.3, 0.4) is 0 Å². The van der Waals surface area contributed by atoms with Crippen molar-refractivity contribution in [1.82, 2.24) is 0 Å². The first-order chi connectivity index (χ1) is 7.83. The van der Waals surface area contributed by atoms with Crippen molar-refractivity contribution in [3.05, 3.63) is 35.4 Å². The van der Waals surface area contributed by atoms with E-state index in [1.807, 2.05) is 18.2 Å². The molecule has 0 saturated carbocycles. The second-order valence-electron chi connectivity index (χ2n) is 4.27. The van der Waals surface area contributed by atoms with E-state index in [-0.39, 0.29) is 6.54 Å². The van der Waals surface area contributed by atoms with Crippen LogP contribution < -0.4 is 5.73 Å². The van der Waals surface area contributed by atoms with Crippen LogP contribution in [0.2, 0.25) is 0 Å². The molecule has 1 atom stereocenters. The largest absolute Gasteiger partial charge is 0.387 e. The van der Waals surface area contributed by atoms with Gasteiger partial charge in [-0.25, -0.2) is 0 Å². The quantitative estimate of drug-likeness (QED) is 0.814. The highest BCUT2D eigenvalue weighted by Gasteiger charge is 2.20. The van der Waals surface area contributed by atoms with Crippen molar-refractivity contribution in [2.24, 2.45) is 5.73 Å². The third kappa shape index (κ3) is 2.43. The molecular weight excluding hydrogens is 202 g/mol. The maximum Gasteiger partial charge on any atom is 0.0914 e. The zero-order valence-corrected chi connectivity index (χ0v) is 9.43. The molecule has 0 aliphatic carbocycles. The highest BCUT2D eigenvalue weighted by atomic mass is 16.5. The molecule has 1 aromatic carbocycles. The van der Waals surface area contributed by atoms with E-state index in [4.69, 9.17) is 10.5 Å². The van der Waals surface area contributed by atoms with E-state index in [1.165, 1.54) is 5.56 Å². The molecule has 0 spiro atoms. The van der Waals surface area contributed by atoms with Crippen molar-refractivity contribution in [2.45, 2.75) is 24.9 Å². The molecule has 3 N–H and O–H groups in total. The lowest BCUT2D eigenvalue weighted by atomic mass is 9.86. The van der Waals surface area contributed by atoms with Crippen LogP contribution in [0.15, 0.2) is 24.3 Å².